The summed E-state index contributed by atoms with van der Waals surface area (Å²) in [4.78, 5) is 22.8. The first-order valence-electron chi connectivity index (χ1n) is 4.83. The third-order valence-corrected chi connectivity index (χ3v) is 1.97. The highest BCUT2D eigenvalue weighted by Crippen LogP contribution is 2.24. The molecule has 0 aliphatic rings. The van der Waals surface area contributed by atoms with Crippen molar-refractivity contribution in [2.75, 3.05) is 0 Å². The molecule has 0 saturated carbocycles. The number of allylic oxidation sites excluding steroid dienone is 1. The molecule has 88 valence electrons. The van der Waals surface area contributed by atoms with Crippen molar-refractivity contribution in [3.8, 4) is 11.5 Å². The van der Waals surface area contributed by atoms with Gasteiger partial charge in [0.25, 0.3) is 0 Å². The number of ether oxygens (including phenoxy) is 1. The number of rotatable bonds is 4. The normalized spacial score (nSPS) is 9.47. The van der Waals surface area contributed by atoms with E-state index in [2.05, 4.69) is 13.2 Å². The van der Waals surface area contributed by atoms with Crippen LogP contribution in [0.15, 0.2) is 43.0 Å². The van der Waals surface area contributed by atoms with E-state index in [9.17, 15) is 14.7 Å². The number of esters is 1. The molecule has 1 aromatic carbocycles. The highest BCUT2D eigenvalue weighted by atomic mass is 16.5. The van der Waals surface area contributed by atoms with E-state index in [1.807, 2.05) is 0 Å². The Balaban J connectivity index is 3.15. The molecule has 1 N–H and O–H groups in total. The number of phenols is 1. The molecule has 0 fully saturated rings. The number of aromatic hydroxyl groups is 1. The van der Waals surface area contributed by atoms with Gasteiger partial charge < -0.3 is 9.84 Å². The van der Waals surface area contributed by atoms with E-state index in [4.69, 9.17) is 4.74 Å². The van der Waals surface area contributed by atoms with Crippen molar-refractivity contribution in [3.63, 3.8) is 0 Å². The van der Waals surface area contributed by atoms with E-state index in [0.29, 0.717) is 0 Å². The Morgan fingerprint density at radius 2 is 2.06 bits per heavy atom. The lowest BCUT2D eigenvalue weighted by Gasteiger charge is -2.08. The van der Waals surface area contributed by atoms with Crippen LogP contribution in [0.1, 0.15) is 17.3 Å². The Morgan fingerprint density at radius 3 is 2.59 bits per heavy atom. The van der Waals surface area contributed by atoms with Crippen molar-refractivity contribution in [1.29, 1.82) is 0 Å². The van der Waals surface area contributed by atoms with Gasteiger partial charge in [0.2, 0.25) is 0 Å². The maximum absolute atomic E-state index is 11.5. The van der Waals surface area contributed by atoms with E-state index in [1.165, 1.54) is 25.1 Å². The molecule has 1 rings (SSSR count). The molecule has 0 radical (unpaired) electrons. The van der Waals surface area contributed by atoms with Crippen LogP contribution >= 0.6 is 0 Å². The Hall–Kier alpha value is -2.36. The second kappa shape index (κ2) is 5.12. The van der Waals surface area contributed by atoms with Crippen molar-refractivity contribution in [2.24, 2.45) is 0 Å². The van der Waals surface area contributed by atoms with Gasteiger partial charge in [-0.15, -0.1) is 0 Å². The third kappa shape index (κ3) is 3.04. The third-order valence-electron chi connectivity index (χ3n) is 1.97. The zero-order valence-electron chi connectivity index (χ0n) is 9.40. The van der Waals surface area contributed by atoms with Crippen LogP contribution in [-0.4, -0.2) is 16.9 Å². The Kier molecular flexibility index (Phi) is 3.82. The summed E-state index contributed by atoms with van der Waals surface area (Å²) in [6.45, 7) is 8.27. The summed E-state index contributed by atoms with van der Waals surface area (Å²) in [6.07, 6.45) is 1.08. The van der Waals surface area contributed by atoms with Crippen molar-refractivity contribution in [2.45, 2.75) is 6.92 Å². The number of hydrogen-bond acceptors (Lipinski definition) is 4. The maximum Gasteiger partial charge on any atom is 0.338 e. The van der Waals surface area contributed by atoms with Crippen LogP contribution < -0.4 is 4.74 Å². The van der Waals surface area contributed by atoms with Crippen LogP contribution in [-0.2, 0) is 4.79 Å². The van der Waals surface area contributed by atoms with Gasteiger partial charge in [0.05, 0.1) is 5.56 Å². The van der Waals surface area contributed by atoms with Gasteiger partial charge in [-0.3, -0.25) is 4.79 Å². The molecule has 4 heteroatoms. The van der Waals surface area contributed by atoms with Gasteiger partial charge in [-0.25, -0.2) is 4.79 Å². The van der Waals surface area contributed by atoms with Crippen LogP contribution in [0.25, 0.3) is 0 Å². The number of phenolic OH excluding ortho intramolecular Hbond substituents is 1. The van der Waals surface area contributed by atoms with Gasteiger partial charge in [-0.2, -0.15) is 0 Å². The van der Waals surface area contributed by atoms with E-state index in [1.54, 1.807) is 0 Å². The first kappa shape index (κ1) is 12.7. The summed E-state index contributed by atoms with van der Waals surface area (Å²) in [5.74, 6) is -1.09. The minimum atomic E-state index is -0.631. The van der Waals surface area contributed by atoms with Gasteiger partial charge in [0.1, 0.15) is 11.5 Å². The average molecular weight is 232 g/mol. The van der Waals surface area contributed by atoms with Gasteiger partial charge >= 0.3 is 5.97 Å². The predicted octanol–water partition coefficient (Wildman–Crippen LogP) is 2.24. The lowest BCUT2D eigenvalue weighted by Crippen LogP contribution is -2.11. The molecular weight excluding hydrogens is 220 g/mol. The van der Waals surface area contributed by atoms with Crippen LogP contribution in [0.5, 0.6) is 11.5 Å². The fourth-order valence-electron chi connectivity index (χ4n) is 1.10. The van der Waals surface area contributed by atoms with Crippen LogP contribution in [0.3, 0.4) is 0 Å². The first-order chi connectivity index (χ1) is 7.95. The molecule has 17 heavy (non-hydrogen) atoms. The summed E-state index contributed by atoms with van der Waals surface area (Å²) in [5.41, 5.74) is 0.296. The molecule has 0 aromatic heterocycles. The molecule has 0 heterocycles. The minimum absolute atomic E-state index is 0.0701. The number of carbonyl (C=O) groups is 2. The van der Waals surface area contributed by atoms with Crippen LogP contribution in [0.4, 0.5) is 0 Å². The Bertz CT molecular complexity index is 500. The van der Waals surface area contributed by atoms with Gasteiger partial charge in [0.15, 0.2) is 5.78 Å². The summed E-state index contributed by atoms with van der Waals surface area (Å²) in [6, 6.07) is 3.87. The SMILES string of the molecule is C=CC(=O)c1cc(O)ccc1OC(=O)C(=C)C. The lowest BCUT2D eigenvalue weighted by molar-refractivity contribution is -0.130. The second-order valence-electron chi connectivity index (χ2n) is 3.42. The predicted molar refractivity (Wildman–Crippen MR) is 63.1 cm³/mol. The summed E-state index contributed by atoms with van der Waals surface area (Å²) in [5, 5.41) is 9.28. The zero-order chi connectivity index (χ0) is 13.0. The molecule has 0 spiro atoms. The van der Waals surface area contributed by atoms with Crippen molar-refractivity contribution >= 4 is 11.8 Å². The highest BCUT2D eigenvalue weighted by Gasteiger charge is 2.14. The summed E-state index contributed by atoms with van der Waals surface area (Å²) < 4.78 is 4.97. The molecule has 4 nitrogen and oxygen atoms in total. The quantitative estimate of drug-likeness (QED) is 0.374. The van der Waals surface area contributed by atoms with E-state index in [0.717, 1.165) is 6.08 Å². The zero-order valence-corrected chi connectivity index (χ0v) is 9.40. The molecule has 0 amide bonds. The average Bonchev–Trinajstić information content (AvgIpc) is 2.30. The van der Waals surface area contributed by atoms with E-state index < -0.39 is 11.8 Å². The maximum atomic E-state index is 11.5. The highest BCUT2D eigenvalue weighted by molar-refractivity contribution is 6.07. The molecule has 0 aliphatic carbocycles. The molecule has 1 aromatic rings. The lowest BCUT2D eigenvalue weighted by atomic mass is 10.1. The molecule has 0 atom stereocenters. The van der Waals surface area contributed by atoms with Crippen LogP contribution in [0.2, 0.25) is 0 Å². The monoisotopic (exact) mass is 232 g/mol. The molecule has 0 bridgehead atoms. The number of carbonyl (C=O) groups excluding carboxylic acids is 2. The minimum Gasteiger partial charge on any atom is -0.508 e. The Labute approximate surface area is 98.8 Å². The number of benzene rings is 1. The molecule has 0 saturated heterocycles. The van der Waals surface area contributed by atoms with E-state index in [-0.39, 0.29) is 22.6 Å². The van der Waals surface area contributed by atoms with Crippen molar-refractivity contribution < 1.29 is 19.4 Å². The molecular formula is C13H12O4. The second-order valence-corrected chi connectivity index (χ2v) is 3.42. The fourth-order valence-corrected chi connectivity index (χ4v) is 1.10. The summed E-state index contributed by atoms with van der Waals surface area (Å²) >= 11 is 0. The van der Waals surface area contributed by atoms with Gasteiger partial charge in [-0.1, -0.05) is 13.2 Å². The first-order valence-corrected chi connectivity index (χ1v) is 4.83. The molecule has 0 unspecified atom stereocenters. The van der Waals surface area contributed by atoms with Gasteiger partial charge in [-0.05, 0) is 31.2 Å². The van der Waals surface area contributed by atoms with E-state index >= 15 is 0 Å². The fraction of sp³-hybridized carbons (Fsp3) is 0.0769. The smallest absolute Gasteiger partial charge is 0.338 e. The summed E-state index contributed by atoms with van der Waals surface area (Å²) in [7, 11) is 0. The van der Waals surface area contributed by atoms with Gasteiger partial charge in [0, 0.05) is 5.57 Å². The largest absolute Gasteiger partial charge is 0.508 e. The standard InChI is InChI=1S/C13H12O4/c1-4-11(15)10-7-9(14)5-6-12(10)17-13(16)8(2)3/h4-7,14H,1-2H2,3H3. The number of hydrogen-bond donors (Lipinski definition) is 1. The molecule has 0 aliphatic heterocycles. The van der Waals surface area contributed by atoms with Crippen LogP contribution in [0, 0.1) is 0 Å². The van der Waals surface area contributed by atoms with Crippen molar-refractivity contribution in [1.82, 2.24) is 0 Å². The Morgan fingerprint density at radius 1 is 1.41 bits per heavy atom. The number of ketones is 1. The van der Waals surface area contributed by atoms with Crippen molar-refractivity contribution in [3.05, 3.63) is 48.6 Å². The topological polar surface area (TPSA) is 63.6 Å².